The Bertz CT molecular complexity index is 573. The zero-order valence-corrected chi connectivity index (χ0v) is 15.2. The maximum Gasteiger partial charge on any atom is 0.317 e. The number of rotatable bonds is 6. The fourth-order valence-electron chi connectivity index (χ4n) is 3.55. The predicted molar refractivity (Wildman–Crippen MR) is 97.2 cm³/mol. The zero-order chi connectivity index (χ0) is 17.6. The number of amides is 2. The van der Waals surface area contributed by atoms with Gasteiger partial charge in [0.25, 0.3) is 0 Å². The summed E-state index contributed by atoms with van der Waals surface area (Å²) in [5, 5.41) is 3.08. The van der Waals surface area contributed by atoms with Gasteiger partial charge in [0.2, 0.25) is 0 Å². The Kier molecular flexibility index (Phi) is 6.02. The maximum atomic E-state index is 12.6. The molecule has 0 saturated carbocycles. The first kappa shape index (κ1) is 17.9. The Hall–Kier alpha value is -1.95. The van der Waals surface area contributed by atoms with Crippen LogP contribution < -0.4 is 14.8 Å². The molecule has 0 radical (unpaired) electrons. The second-order valence-corrected chi connectivity index (χ2v) is 7.02. The Labute approximate surface area is 150 Å². The van der Waals surface area contributed by atoms with E-state index in [2.05, 4.69) is 17.1 Å². The summed E-state index contributed by atoms with van der Waals surface area (Å²) in [6.07, 6.45) is 2.19. The van der Waals surface area contributed by atoms with Crippen molar-refractivity contribution in [3.63, 3.8) is 0 Å². The number of hydrogen-bond acceptors (Lipinski definition) is 4. The van der Waals surface area contributed by atoms with E-state index in [4.69, 9.17) is 9.47 Å². The van der Waals surface area contributed by atoms with Crippen molar-refractivity contribution < 1.29 is 14.3 Å². The van der Waals surface area contributed by atoms with Crippen LogP contribution in [0.3, 0.4) is 0 Å². The number of ether oxygens (including phenoxy) is 2. The lowest BCUT2D eigenvalue weighted by Gasteiger charge is -2.31. The minimum absolute atomic E-state index is 0.0675. The number of nitrogens with one attached hydrogen (secondary N) is 1. The van der Waals surface area contributed by atoms with Gasteiger partial charge in [0.1, 0.15) is 0 Å². The summed E-state index contributed by atoms with van der Waals surface area (Å²) in [6.45, 7) is 7.31. The third-order valence-electron chi connectivity index (χ3n) is 5.11. The lowest BCUT2D eigenvalue weighted by atomic mass is 10.1. The smallest absolute Gasteiger partial charge is 0.317 e. The van der Waals surface area contributed by atoms with Gasteiger partial charge in [-0.1, -0.05) is 19.1 Å². The summed E-state index contributed by atoms with van der Waals surface area (Å²) in [6, 6.07) is 8.09. The van der Waals surface area contributed by atoms with Crippen LogP contribution in [0.2, 0.25) is 0 Å². The van der Waals surface area contributed by atoms with Crippen molar-refractivity contribution in [2.24, 2.45) is 5.92 Å². The molecule has 1 N–H and O–H groups in total. The highest BCUT2D eigenvalue weighted by Crippen LogP contribution is 2.26. The fourth-order valence-corrected chi connectivity index (χ4v) is 3.55. The van der Waals surface area contributed by atoms with Gasteiger partial charge in [0.05, 0.1) is 13.7 Å². The molecule has 3 aliphatic rings. The Morgan fingerprint density at radius 3 is 2.64 bits per heavy atom. The molecule has 138 valence electrons. The van der Waals surface area contributed by atoms with Gasteiger partial charge in [0.15, 0.2) is 11.5 Å². The second kappa shape index (κ2) is 8.43. The summed E-state index contributed by atoms with van der Waals surface area (Å²) in [4.78, 5) is 17.0. The van der Waals surface area contributed by atoms with E-state index >= 15 is 0 Å². The maximum absolute atomic E-state index is 12.6. The van der Waals surface area contributed by atoms with Gasteiger partial charge in [-0.15, -0.1) is 0 Å². The van der Waals surface area contributed by atoms with E-state index in [1.54, 1.807) is 7.11 Å². The standard InChI is InChI=1S/C19H29N3O3/c1-15(14-25-18-6-4-3-5-17(18)24-2)13-20-19(23)22-12-11-21-9-7-16(22)8-10-21/h3-6,15-16H,7-14H2,1-2H3,(H,20,23). The van der Waals surface area contributed by atoms with Gasteiger partial charge < -0.3 is 24.6 Å². The molecule has 6 heteroatoms. The van der Waals surface area contributed by atoms with Crippen molar-refractivity contribution in [1.29, 1.82) is 0 Å². The summed E-state index contributed by atoms with van der Waals surface area (Å²) >= 11 is 0. The molecule has 2 bridgehead atoms. The third-order valence-corrected chi connectivity index (χ3v) is 5.11. The number of benzene rings is 1. The van der Waals surface area contributed by atoms with Gasteiger partial charge in [-0.3, -0.25) is 0 Å². The van der Waals surface area contributed by atoms with E-state index in [9.17, 15) is 4.79 Å². The SMILES string of the molecule is COc1ccccc1OCC(C)CNC(=O)N1CCN2CCC1CC2. The minimum atomic E-state index is 0.0675. The molecule has 2 amide bonds. The molecule has 3 heterocycles. The Morgan fingerprint density at radius 1 is 1.20 bits per heavy atom. The summed E-state index contributed by atoms with van der Waals surface area (Å²) in [5.74, 6) is 1.69. The molecule has 3 fully saturated rings. The van der Waals surface area contributed by atoms with Crippen LogP contribution in [0.5, 0.6) is 11.5 Å². The lowest BCUT2D eigenvalue weighted by molar-refractivity contribution is 0.167. The first-order valence-electron chi connectivity index (χ1n) is 9.20. The van der Waals surface area contributed by atoms with Crippen molar-refractivity contribution in [2.45, 2.75) is 25.8 Å². The molecule has 6 nitrogen and oxygen atoms in total. The molecule has 1 unspecified atom stereocenters. The number of urea groups is 1. The number of hydrogen-bond donors (Lipinski definition) is 1. The van der Waals surface area contributed by atoms with Crippen LogP contribution in [-0.4, -0.2) is 68.3 Å². The number of carbonyl (C=O) groups excluding carboxylic acids is 1. The van der Waals surface area contributed by atoms with Gasteiger partial charge in [-0.25, -0.2) is 4.79 Å². The normalized spacial score (nSPS) is 23.7. The van der Waals surface area contributed by atoms with E-state index in [1.165, 1.54) is 0 Å². The van der Waals surface area contributed by atoms with Crippen molar-refractivity contribution in [2.75, 3.05) is 46.4 Å². The third kappa shape index (κ3) is 4.57. The number of fused-ring (bicyclic) bond motifs is 4. The highest BCUT2D eigenvalue weighted by Gasteiger charge is 2.31. The van der Waals surface area contributed by atoms with Crippen LogP contribution in [0.1, 0.15) is 19.8 Å². The highest BCUT2D eigenvalue weighted by atomic mass is 16.5. The molecule has 1 aromatic rings. The molecule has 1 aromatic carbocycles. The van der Waals surface area contributed by atoms with Gasteiger partial charge >= 0.3 is 6.03 Å². The largest absolute Gasteiger partial charge is 0.493 e. The molecule has 0 spiro atoms. The van der Waals surface area contributed by atoms with Gasteiger partial charge in [-0.2, -0.15) is 0 Å². The summed E-state index contributed by atoms with van der Waals surface area (Å²) in [7, 11) is 1.64. The zero-order valence-electron chi connectivity index (χ0n) is 15.2. The Balaban J connectivity index is 1.44. The first-order chi connectivity index (χ1) is 12.2. The van der Waals surface area contributed by atoms with Crippen molar-refractivity contribution >= 4 is 6.03 Å². The number of methoxy groups -OCH3 is 1. The number of carbonyl (C=O) groups is 1. The molecule has 0 aromatic heterocycles. The van der Waals surface area contributed by atoms with Crippen LogP contribution in [0, 0.1) is 5.92 Å². The van der Waals surface area contributed by atoms with E-state index < -0.39 is 0 Å². The quantitative estimate of drug-likeness (QED) is 0.857. The lowest BCUT2D eigenvalue weighted by Crippen LogP contribution is -2.48. The van der Waals surface area contributed by atoms with Crippen LogP contribution in [0.4, 0.5) is 4.79 Å². The highest BCUT2D eigenvalue weighted by molar-refractivity contribution is 5.74. The average Bonchev–Trinajstić information content (AvgIpc) is 2.98. The number of para-hydroxylation sites is 2. The molecule has 3 aliphatic heterocycles. The monoisotopic (exact) mass is 347 g/mol. The average molecular weight is 347 g/mol. The summed E-state index contributed by atoms with van der Waals surface area (Å²) in [5.41, 5.74) is 0. The topological polar surface area (TPSA) is 54.0 Å². The van der Waals surface area contributed by atoms with Crippen LogP contribution in [-0.2, 0) is 0 Å². The van der Waals surface area contributed by atoms with Crippen LogP contribution in [0.25, 0.3) is 0 Å². The van der Waals surface area contributed by atoms with Crippen molar-refractivity contribution in [3.05, 3.63) is 24.3 Å². The van der Waals surface area contributed by atoms with Gasteiger partial charge in [0, 0.05) is 44.7 Å². The number of piperidine rings is 1. The molecular weight excluding hydrogens is 318 g/mol. The van der Waals surface area contributed by atoms with E-state index in [0.29, 0.717) is 19.2 Å². The van der Waals surface area contributed by atoms with Crippen molar-refractivity contribution in [3.8, 4) is 11.5 Å². The molecule has 4 rings (SSSR count). The van der Waals surface area contributed by atoms with Gasteiger partial charge in [-0.05, 0) is 25.0 Å². The van der Waals surface area contributed by atoms with Crippen molar-refractivity contribution in [1.82, 2.24) is 15.1 Å². The second-order valence-electron chi connectivity index (χ2n) is 7.02. The predicted octanol–water partition coefficient (Wildman–Crippen LogP) is 2.20. The number of nitrogens with zero attached hydrogens (tertiary/aromatic N) is 2. The van der Waals surface area contributed by atoms with E-state index in [1.807, 2.05) is 29.2 Å². The van der Waals surface area contributed by atoms with E-state index in [0.717, 1.165) is 50.5 Å². The van der Waals surface area contributed by atoms with E-state index in [-0.39, 0.29) is 11.9 Å². The molecular formula is C19H29N3O3. The molecule has 0 aliphatic carbocycles. The molecule has 1 atom stereocenters. The Morgan fingerprint density at radius 2 is 1.92 bits per heavy atom. The summed E-state index contributed by atoms with van der Waals surface area (Å²) < 4.78 is 11.1. The molecule has 3 saturated heterocycles. The van der Waals surface area contributed by atoms with Crippen LogP contribution >= 0.6 is 0 Å². The van der Waals surface area contributed by atoms with Crippen LogP contribution in [0.15, 0.2) is 24.3 Å². The fraction of sp³-hybridized carbons (Fsp3) is 0.632. The minimum Gasteiger partial charge on any atom is -0.493 e. The first-order valence-corrected chi connectivity index (χ1v) is 9.20. The molecule has 25 heavy (non-hydrogen) atoms.